The van der Waals surface area contributed by atoms with Gasteiger partial charge >= 0.3 is 11.6 Å². The molecule has 2 aromatic carbocycles. The molecule has 0 aliphatic carbocycles. The summed E-state index contributed by atoms with van der Waals surface area (Å²) in [7, 11) is 0. The first-order valence-electron chi connectivity index (χ1n) is 7.20. The maximum absolute atomic E-state index is 12.2. The normalized spacial score (nSPS) is 11.2. The van der Waals surface area contributed by atoms with Crippen LogP contribution < -0.4 is 5.63 Å². The lowest BCUT2D eigenvalue weighted by Crippen LogP contribution is -2.02. The average molecular weight is 321 g/mol. The number of aromatic nitrogens is 1. The minimum Gasteiger partial charge on any atom is -0.478 e. The van der Waals surface area contributed by atoms with Crippen LogP contribution in [-0.2, 0) is 0 Å². The summed E-state index contributed by atoms with van der Waals surface area (Å²) < 4.78 is 10.9. The minimum absolute atomic E-state index is 0.100. The number of carbonyl (C=O) groups is 1. The Hall–Kier alpha value is -3.41. The number of aryl methyl sites for hydroxylation is 1. The number of benzene rings is 2. The fraction of sp³-hybridized carbons (Fsp3) is 0.0556. The molecule has 0 amide bonds. The Bertz CT molecular complexity index is 1170. The van der Waals surface area contributed by atoms with E-state index >= 15 is 0 Å². The molecule has 0 spiro atoms. The Kier molecular flexibility index (Phi) is 2.99. The lowest BCUT2D eigenvalue weighted by Gasteiger charge is -2.00. The molecule has 0 radical (unpaired) electrons. The van der Waals surface area contributed by atoms with Crippen LogP contribution in [0, 0.1) is 6.92 Å². The molecule has 0 aliphatic heterocycles. The first kappa shape index (κ1) is 14.2. The Morgan fingerprint density at radius 2 is 1.88 bits per heavy atom. The zero-order valence-corrected chi connectivity index (χ0v) is 12.6. The van der Waals surface area contributed by atoms with Crippen LogP contribution in [0.25, 0.3) is 33.5 Å². The predicted molar refractivity (Wildman–Crippen MR) is 87.2 cm³/mol. The second kappa shape index (κ2) is 5.06. The fourth-order valence-corrected chi connectivity index (χ4v) is 2.54. The third kappa shape index (κ3) is 2.25. The van der Waals surface area contributed by atoms with E-state index in [0.29, 0.717) is 16.7 Å². The third-order valence-electron chi connectivity index (χ3n) is 3.76. The van der Waals surface area contributed by atoms with Crippen LogP contribution in [0.2, 0.25) is 0 Å². The van der Waals surface area contributed by atoms with Gasteiger partial charge in [-0.2, -0.15) is 0 Å². The molecule has 2 heterocycles. The van der Waals surface area contributed by atoms with Crippen molar-refractivity contribution in [3.63, 3.8) is 0 Å². The van der Waals surface area contributed by atoms with E-state index in [1.807, 2.05) is 19.1 Å². The second-order valence-corrected chi connectivity index (χ2v) is 5.50. The molecule has 2 aromatic heterocycles. The van der Waals surface area contributed by atoms with E-state index in [1.54, 1.807) is 12.1 Å². The molecular weight excluding hydrogens is 310 g/mol. The second-order valence-electron chi connectivity index (χ2n) is 5.50. The molecule has 0 saturated heterocycles. The highest BCUT2D eigenvalue weighted by Gasteiger charge is 2.15. The van der Waals surface area contributed by atoms with Gasteiger partial charge in [0.1, 0.15) is 16.7 Å². The van der Waals surface area contributed by atoms with E-state index < -0.39 is 11.6 Å². The summed E-state index contributed by atoms with van der Waals surface area (Å²) in [6.07, 6.45) is 0. The van der Waals surface area contributed by atoms with Crippen molar-refractivity contribution >= 4 is 28.0 Å². The number of aromatic carboxylic acids is 1. The highest BCUT2D eigenvalue weighted by atomic mass is 16.4. The van der Waals surface area contributed by atoms with Gasteiger partial charge < -0.3 is 13.9 Å². The molecule has 0 atom stereocenters. The molecule has 1 N–H and O–H groups in total. The molecule has 4 aromatic rings. The molecule has 118 valence electrons. The highest BCUT2D eigenvalue weighted by molar-refractivity contribution is 5.92. The summed E-state index contributed by atoms with van der Waals surface area (Å²) >= 11 is 0. The maximum Gasteiger partial charge on any atom is 0.349 e. The summed E-state index contributed by atoms with van der Waals surface area (Å²) in [4.78, 5) is 27.5. The number of oxazole rings is 1. The van der Waals surface area contributed by atoms with Crippen molar-refractivity contribution in [1.82, 2.24) is 4.98 Å². The first-order chi connectivity index (χ1) is 11.5. The van der Waals surface area contributed by atoms with Crippen molar-refractivity contribution in [2.45, 2.75) is 6.92 Å². The van der Waals surface area contributed by atoms with E-state index in [1.165, 1.54) is 18.2 Å². The smallest absolute Gasteiger partial charge is 0.349 e. The van der Waals surface area contributed by atoms with Crippen molar-refractivity contribution in [2.24, 2.45) is 0 Å². The first-order valence-corrected chi connectivity index (χ1v) is 7.20. The van der Waals surface area contributed by atoms with Gasteiger partial charge in [0.25, 0.3) is 0 Å². The lowest BCUT2D eigenvalue weighted by atomic mass is 10.1. The van der Waals surface area contributed by atoms with Crippen molar-refractivity contribution in [3.05, 3.63) is 64.0 Å². The minimum atomic E-state index is -1.05. The zero-order valence-electron chi connectivity index (χ0n) is 12.6. The summed E-state index contributed by atoms with van der Waals surface area (Å²) in [5.41, 5.74) is 1.99. The van der Waals surface area contributed by atoms with Gasteiger partial charge in [0.2, 0.25) is 5.89 Å². The van der Waals surface area contributed by atoms with E-state index in [4.69, 9.17) is 13.9 Å². The Labute approximate surface area is 135 Å². The standard InChI is InChI=1S/C18H11NO5/c1-9-2-3-10-7-12(18(22)24-15(10)6-9)16-19-13-8-11(17(20)21)4-5-14(13)23-16/h2-8H,1H3,(H,20,21). The van der Waals surface area contributed by atoms with Gasteiger partial charge in [0.05, 0.1) is 5.56 Å². The number of hydrogen-bond donors (Lipinski definition) is 1. The molecule has 24 heavy (non-hydrogen) atoms. The van der Waals surface area contributed by atoms with Crippen LogP contribution in [0.4, 0.5) is 0 Å². The number of hydrogen-bond acceptors (Lipinski definition) is 5. The van der Waals surface area contributed by atoms with Crippen molar-refractivity contribution in [3.8, 4) is 11.5 Å². The van der Waals surface area contributed by atoms with E-state index in [9.17, 15) is 9.59 Å². The Balaban J connectivity index is 1.92. The number of fused-ring (bicyclic) bond motifs is 2. The number of nitrogens with zero attached hydrogens (tertiary/aromatic N) is 1. The van der Waals surface area contributed by atoms with Crippen LogP contribution in [0.15, 0.2) is 56.1 Å². The zero-order chi connectivity index (χ0) is 16.8. The van der Waals surface area contributed by atoms with Crippen LogP contribution in [0.5, 0.6) is 0 Å². The van der Waals surface area contributed by atoms with Gasteiger partial charge in [-0.15, -0.1) is 0 Å². The van der Waals surface area contributed by atoms with Gasteiger partial charge in [-0.25, -0.2) is 14.6 Å². The molecule has 0 fully saturated rings. The lowest BCUT2D eigenvalue weighted by molar-refractivity contribution is 0.0697. The van der Waals surface area contributed by atoms with E-state index in [-0.39, 0.29) is 17.0 Å². The van der Waals surface area contributed by atoms with Gasteiger partial charge in [-0.1, -0.05) is 12.1 Å². The van der Waals surface area contributed by atoms with Crippen LogP contribution >= 0.6 is 0 Å². The molecule has 0 aliphatic rings. The molecule has 0 bridgehead atoms. The van der Waals surface area contributed by atoms with E-state index in [0.717, 1.165) is 10.9 Å². The van der Waals surface area contributed by atoms with Crippen LogP contribution in [0.1, 0.15) is 15.9 Å². The summed E-state index contributed by atoms with van der Waals surface area (Å²) in [5.74, 6) is -0.953. The number of carboxylic acids is 1. The SMILES string of the molecule is Cc1ccc2cc(-c3nc4cc(C(=O)O)ccc4o3)c(=O)oc2c1. The van der Waals surface area contributed by atoms with Gasteiger partial charge in [-0.05, 0) is 42.8 Å². The van der Waals surface area contributed by atoms with Crippen molar-refractivity contribution in [2.75, 3.05) is 0 Å². The summed E-state index contributed by atoms with van der Waals surface area (Å²) in [6.45, 7) is 1.91. The molecule has 0 unspecified atom stereocenters. The predicted octanol–water partition coefficient (Wildman–Crippen LogP) is 3.61. The molecule has 6 heteroatoms. The van der Waals surface area contributed by atoms with Crippen LogP contribution in [-0.4, -0.2) is 16.1 Å². The van der Waals surface area contributed by atoms with Crippen molar-refractivity contribution in [1.29, 1.82) is 0 Å². The Morgan fingerprint density at radius 1 is 1.04 bits per heavy atom. The largest absolute Gasteiger partial charge is 0.478 e. The average Bonchev–Trinajstić information content (AvgIpc) is 2.96. The number of rotatable bonds is 2. The summed E-state index contributed by atoms with van der Waals surface area (Å²) in [5, 5.41) is 9.78. The molecular formula is C18H11NO5. The molecule has 4 rings (SSSR count). The molecule has 6 nitrogen and oxygen atoms in total. The number of carboxylic acid groups (broad SMARTS) is 1. The monoisotopic (exact) mass is 321 g/mol. The van der Waals surface area contributed by atoms with Gasteiger partial charge in [0, 0.05) is 5.39 Å². The Morgan fingerprint density at radius 3 is 2.67 bits per heavy atom. The van der Waals surface area contributed by atoms with Crippen molar-refractivity contribution < 1.29 is 18.7 Å². The van der Waals surface area contributed by atoms with E-state index in [2.05, 4.69) is 4.98 Å². The quantitative estimate of drug-likeness (QED) is 0.567. The van der Waals surface area contributed by atoms with Crippen LogP contribution in [0.3, 0.4) is 0 Å². The maximum atomic E-state index is 12.2. The highest BCUT2D eigenvalue weighted by Crippen LogP contribution is 2.25. The van der Waals surface area contributed by atoms with Gasteiger partial charge in [-0.3, -0.25) is 0 Å². The molecule has 0 saturated carbocycles. The fourth-order valence-electron chi connectivity index (χ4n) is 2.54. The summed E-state index contributed by atoms with van der Waals surface area (Å²) in [6, 6.07) is 11.5. The topological polar surface area (TPSA) is 93.5 Å². The van der Waals surface area contributed by atoms with Gasteiger partial charge in [0.15, 0.2) is 5.58 Å². The third-order valence-corrected chi connectivity index (χ3v) is 3.76.